The average molecular weight is 272 g/mol. The molecule has 0 heterocycles. The van der Waals surface area contributed by atoms with Gasteiger partial charge in [0.05, 0.1) is 6.10 Å². The van der Waals surface area contributed by atoms with E-state index in [1.165, 1.54) is 0 Å². The van der Waals surface area contributed by atoms with Gasteiger partial charge in [-0.3, -0.25) is 0 Å². The van der Waals surface area contributed by atoms with Gasteiger partial charge < -0.3 is 15.2 Å². The fourth-order valence-electron chi connectivity index (χ4n) is 1.51. The van der Waals surface area contributed by atoms with E-state index in [2.05, 4.69) is 5.32 Å². The van der Waals surface area contributed by atoms with E-state index in [0.717, 1.165) is 0 Å². The minimum Gasteiger partial charge on any atom is -0.439 e. The van der Waals surface area contributed by atoms with Gasteiger partial charge in [-0.1, -0.05) is 29.8 Å². The normalized spacial score (nSPS) is 14.1. The SMILES string of the molecule is CC(C)NC(=O)O[C@H](c1ccccc1Cl)[C@@H](C)O. The van der Waals surface area contributed by atoms with Gasteiger partial charge in [-0.15, -0.1) is 0 Å². The molecule has 100 valence electrons. The van der Waals surface area contributed by atoms with Crippen molar-refractivity contribution in [3.63, 3.8) is 0 Å². The number of aliphatic hydroxyl groups is 1. The largest absolute Gasteiger partial charge is 0.439 e. The molecule has 1 aromatic rings. The molecule has 5 heteroatoms. The quantitative estimate of drug-likeness (QED) is 0.885. The molecule has 0 saturated heterocycles. The lowest BCUT2D eigenvalue weighted by Crippen LogP contribution is -2.34. The number of carbonyl (C=O) groups is 1. The Kier molecular flexibility index (Phi) is 5.44. The van der Waals surface area contributed by atoms with Gasteiger partial charge in [0.25, 0.3) is 0 Å². The molecular formula is C13H18ClNO3. The zero-order valence-corrected chi connectivity index (χ0v) is 11.4. The third-order valence-corrected chi connectivity index (χ3v) is 2.63. The molecule has 0 saturated carbocycles. The molecular weight excluding hydrogens is 254 g/mol. The maximum absolute atomic E-state index is 11.6. The monoisotopic (exact) mass is 271 g/mol. The summed E-state index contributed by atoms with van der Waals surface area (Å²) in [6, 6.07) is 6.94. The van der Waals surface area contributed by atoms with Crippen LogP contribution >= 0.6 is 11.6 Å². The number of alkyl carbamates (subject to hydrolysis) is 1. The number of benzene rings is 1. The minimum absolute atomic E-state index is 0.0293. The Morgan fingerprint density at radius 2 is 1.94 bits per heavy atom. The molecule has 0 aliphatic carbocycles. The van der Waals surface area contributed by atoms with Crippen molar-refractivity contribution in [1.29, 1.82) is 0 Å². The van der Waals surface area contributed by atoms with E-state index in [0.29, 0.717) is 10.6 Å². The number of amides is 1. The predicted molar refractivity (Wildman–Crippen MR) is 70.6 cm³/mol. The fraction of sp³-hybridized carbons (Fsp3) is 0.462. The maximum atomic E-state index is 11.6. The first-order valence-corrected chi connectivity index (χ1v) is 6.19. The van der Waals surface area contributed by atoms with Crippen LogP contribution < -0.4 is 5.32 Å². The van der Waals surface area contributed by atoms with Crippen molar-refractivity contribution in [2.45, 2.75) is 39.0 Å². The Bertz CT molecular complexity index is 407. The molecule has 1 amide bonds. The number of carbonyl (C=O) groups excluding carboxylic acids is 1. The molecule has 2 N–H and O–H groups in total. The number of ether oxygens (including phenoxy) is 1. The van der Waals surface area contributed by atoms with E-state index < -0.39 is 18.3 Å². The first-order chi connectivity index (χ1) is 8.41. The van der Waals surface area contributed by atoms with Crippen LogP contribution in [-0.2, 0) is 4.74 Å². The highest BCUT2D eigenvalue weighted by molar-refractivity contribution is 6.31. The van der Waals surface area contributed by atoms with Crippen LogP contribution in [0, 0.1) is 0 Å². The molecule has 0 aliphatic rings. The summed E-state index contributed by atoms with van der Waals surface area (Å²) in [6.07, 6.45) is -2.20. The van der Waals surface area contributed by atoms with E-state index in [-0.39, 0.29) is 6.04 Å². The van der Waals surface area contributed by atoms with E-state index in [1.807, 2.05) is 13.8 Å². The first kappa shape index (κ1) is 14.8. The van der Waals surface area contributed by atoms with Crippen molar-refractivity contribution < 1.29 is 14.6 Å². The summed E-state index contributed by atoms with van der Waals surface area (Å²) in [4.78, 5) is 11.6. The number of aliphatic hydroxyl groups excluding tert-OH is 1. The molecule has 0 bridgehead atoms. The molecule has 0 aromatic heterocycles. The van der Waals surface area contributed by atoms with Crippen molar-refractivity contribution in [1.82, 2.24) is 5.32 Å². The lowest BCUT2D eigenvalue weighted by molar-refractivity contribution is 0.00995. The zero-order chi connectivity index (χ0) is 13.7. The van der Waals surface area contributed by atoms with Crippen LogP contribution in [0.5, 0.6) is 0 Å². The first-order valence-electron chi connectivity index (χ1n) is 5.81. The second kappa shape index (κ2) is 6.61. The van der Waals surface area contributed by atoms with Crippen LogP contribution in [0.2, 0.25) is 5.02 Å². The summed E-state index contributed by atoms with van der Waals surface area (Å²) in [7, 11) is 0. The number of hydrogen-bond donors (Lipinski definition) is 2. The molecule has 18 heavy (non-hydrogen) atoms. The molecule has 0 radical (unpaired) electrons. The van der Waals surface area contributed by atoms with E-state index in [9.17, 15) is 9.90 Å². The zero-order valence-electron chi connectivity index (χ0n) is 10.7. The summed E-state index contributed by atoms with van der Waals surface area (Å²) in [5.41, 5.74) is 0.591. The van der Waals surface area contributed by atoms with Gasteiger partial charge in [0.1, 0.15) is 0 Å². The van der Waals surface area contributed by atoms with Crippen molar-refractivity contribution in [3.8, 4) is 0 Å². The predicted octanol–water partition coefficient (Wildman–Crippen LogP) is 2.90. The van der Waals surface area contributed by atoms with Crippen LogP contribution in [-0.4, -0.2) is 23.3 Å². The molecule has 0 unspecified atom stereocenters. The van der Waals surface area contributed by atoms with E-state index >= 15 is 0 Å². The number of hydrogen-bond acceptors (Lipinski definition) is 3. The average Bonchev–Trinajstić information content (AvgIpc) is 2.25. The highest BCUT2D eigenvalue weighted by atomic mass is 35.5. The van der Waals surface area contributed by atoms with E-state index in [1.54, 1.807) is 31.2 Å². The van der Waals surface area contributed by atoms with E-state index in [4.69, 9.17) is 16.3 Å². The van der Waals surface area contributed by atoms with Crippen LogP contribution in [0.1, 0.15) is 32.4 Å². The van der Waals surface area contributed by atoms with Crippen LogP contribution in [0.25, 0.3) is 0 Å². The highest BCUT2D eigenvalue weighted by Gasteiger charge is 2.24. The van der Waals surface area contributed by atoms with Crippen molar-refractivity contribution in [3.05, 3.63) is 34.9 Å². The summed E-state index contributed by atoms with van der Waals surface area (Å²) in [6.45, 7) is 5.21. The number of halogens is 1. The summed E-state index contributed by atoms with van der Waals surface area (Å²) in [5.74, 6) is 0. The van der Waals surface area contributed by atoms with Gasteiger partial charge >= 0.3 is 6.09 Å². The van der Waals surface area contributed by atoms with Crippen molar-refractivity contribution in [2.75, 3.05) is 0 Å². The molecule has 2 atom stereocenters. The second-order valence-electron chi connectivity index (χ2n) is 4.39. The molecule has 1 rings (SSSR count). The minimum atomic E-state index is -0.845. The van der Waals surface area contributed by atoms with Gasteiger partial charge in [0, 0.05) is 16.6 Å². The highest BCUT2D eigenvalue weighted by Crippen LogP contribution is 2.28. The van der Waals surface area contributed by atoms with Gasteiger partial charge in [0.2, 0.25) is 0 Å². The van der Waals surface area contributed by atoms with Crippen molar-refractivity contribution in [2.24, 2.45) is 0 Å². The molecule has 1 aromatic carbocycles. The summed E-state index contributed by atoms with van der Waals surface area (Å²) < 4.78 is 5.21. The maximum Gasteiger partial charge on any atom is 0.408 e. The third kappa shape index (κ3) is 4.20. The topological polar surface area (TPSA) is 58.6 Å². The van der Waals surface area contributed by atoms with Crippen molar-refractivity contribution >= 4 is 17.7 Å². The van der Waals surface area contributed by atoms with Crippen LogP contribution in [0.3, 0.4) is 0 Å². The second-order valence-corrected chi connectivity index (χ2v) is 4.79. The standard InChI is InChI=1S/C13H18ClNO3/c1-8(2)15-13(17)18-12(9(3)16)10-6-4-5-7-11(10)14/h4-9,12,16H,1-3H3,(H,15,17)/t9-,12+/m1/s1. The van der Waals surface area contributed by atoms with Crippen LogP contribution in [0.4, 0.5) is 4.79 Å². The number of nitrogens with one attached hydrogen (secondary N) is 1. The lowest BCUT2D eigenvalue weighted by Gasteiger charge is -2.22. The Labute approximate surface area is 112 Å². The Hall–Kier alpha value is -1.26. The summed E-state index contributed by atoms with van der Waals surface area (Å²) in [5, 5.41) is 12.8. The molecule has 0 fully saturated rings. The lowest BCUT2D eigenvalue weighted by atomic mass is 10.1. The Balaban J connectivity index is 2.84. The molecule has 0 spiro atoms. The fourth-order valence-corrected chi connectivity index (χ4v) is 1.76. The van der Waals surface area contributed by atoms with Gasteiger partial charge in [0.15, 0.2) is 6.10 Å². The molecule has 0 aliphatic heterocycles. The Morgan fingerprint density at radius 3 is 2.44 bits per heavy atom. The van der Waals surface area contributed by atoms with Gasteiger partial charge in [-0.25, -0.2) is 4.79 Å². The summed E-state index contributed by atoms with van der Waals surface area (Å²) >= 11 is 6.03. The third-order valence-electron chi connectivity index (χ3n) is 2.29. The van der Waals surface area contributed by atoms with Gasteiger partial charge in [-0.2, -0.15) is 0 Å². The number of rotatable bonds is 4. The van der Waals surface area contributed by atoms with Crippen LogP contribution in [0.15, 0.2) is 24.3 Å². The Morgan fingerprint density at radius 1 is 1.33 bits per heavy atom. The van der Waals surface area contributed by atoms with Gasteiger partial charge in [-0.05, 0) is 26.8 Å². The molecule has 4 nitrogen and oxygen atoms in total. The smallest absolute Gasteiger partial charge is 0.408 e.